The number of rotatable bonds is 8. The molecule has 16 nitrogen and oxygen atoms in total. The SMILES string of the molecule is Cc1cn([C@H]2C[C@H](OP(=O)(O)OC[C@H]3O[C@@H](n4cc(C)c(=O)[nH]c4=O)C[C@@H]3O)[C@@H](CO)O2)c(=O)nc1N. The van der Waals surface area contributed by atoms with E-state index >= 15 is 0 Å². The van der Waals surface area contributed by atoms with Crippen LogP contribution in [-0.4, -0.2) is 71.8 Å². The van der Waals surface area contributed by atoms with E-state index in [1.807, 2.05) is 0 Å². The van der Waals surface area contributed by atoms with Crippen molar-refractivity contribution in [2.75, 3.05) is 18.9 Å². The maximum atomic E-state index is 12.6. The molecule has 2 aliphatic heterocycles. The number of aliphatic hydroxyl groups excluding tert-OH is 2. The van der Waals surface area contributed by atoms with Crippen LogP contribution in [0.3, 0.4) is 0 Å². The molecule has 0 radical (unpaired) electrons. The topological polar surface area (TPSA) is 230 Å². The lowest BCUT2D eigenvalue weighted by Crippen LogP contribution is -2.33. The fourth-order valence-corrected chi connectivity index (χ4v) is 5.10. The molecule has 37 heavy (non-hydrogen) atoms. The summed E-state index contributed by atoms with van der Waals surface area (Å²) < 4.78 is 36.3. The minimum Gasteiger partial charge on any atom is -0.394 e. The molecule has 6 N–H and O–H groups in total. The fourth-order valence-electron chi connectivity index (χ4n) is 4.14. The number of aliphatic hydroxyl groups is 2. The van der Waals surface area contributed by atoms with Crippen LogP contribution in [0.2, 0.25) is 0 Å². The molecule has 0 aromatic carbocycles. The number of nitrogens with one attached hydrogen (secondary N) is 1. The van der Waals surface area contributed by atoms with Crippen LogP contribution in [0, 0.1) is 13.8 Å². The van der Waals surface area contributed by atoms with Crippen molar-refractivity contribution in [1.29, 1.82) is 0 Å². The van der Waals surface area contributed by atoms with E-state index in [-0.39, 0.29) is 24.2 Å². The minimum absolute atomic E-state index is 0.0372. The van der Waals surface area contributed by atoms with Gasteiger partial charge in [-0.15, -0.1) is 0 Å². The summed E-state index contributed by atoms with van der Waals surface area (Å²) in [6.45, 7) is 2.00. The molecule has 2 aliphatic rings. The second-order valence-electron chi connectivity index (χ2n) is 8.87. The van der Waals surface area contributed by atoms with Gasteiger partial charge in [-0.25, -0.2) is 14.2 Å². The Morgan fingerprint density at radius 3 is 2.49 bits per heavy atom. The number of phosphoric ester groups is 1. The second kappa shape index (κ2) is 10.6. The summed E-state index contributed by atoms with van der Waals surface area (Å²) >= 11 is 0. The summed E-state index contributed by atoms with van der Waals surface area (Å²) in [7, 11) is -4.76. The van der Waals surface area contributed by atoms with Crippen molar-refractivity contribution in [2.45, 2.75) is 63.6 Å². The van der Waals surface area contributed by atoms with Gasteiger partial charge >= 0.3 is 19.2 Å². The van der Waals surface area contributed by atoms with Crippen molar-refractivity contribution < 1.29 is 38.2 Å². The Morgan fingerprint density at radius 1 is 1.14 bits per heavy atom. The first-order valence-electron chi connectivity index (χ1n) is 11.3. The largest absolute Gasteiger partial charge is 0.472 e. The van der Waals surface area contributed by atoms with Gasteiger partial charge in [-0.3, -0.25) is 28.0 Å². The second-order valence-corrected chi connectivity index (χ2v) is 10.3. The normalized spacial score (nSPS) is 29.4. The molecule has 2 aromatic rings. The molecular weight excluding hydrogens is 517 g/mol. The molecule has 1 unspecified atom stereocenters. The van der Waals surface area contributed by atoms with E-state index in [1.54, 1.807) is 6.92 Å². The standard InChI is InChI=1S/C20H28N5O11P/c1-9-5-24(19(29)22-17(9)21)16-4-12(13(7-26)34-16)36-37(31,32)33-8-14-11(27)3-15(35-14)25-6-10(2)18(28)23-20(25)30/h5-6,11-16,26-27H,3-4,7-8H2,1-2H3,(H,31,32)(H2,21,22,29)(H,23,28,30)/t11-,12-,13+,14+,15+,16+/m0/s1. The number of hydrogen-bond acceptors (Lipinski definition) is 12. The third kappa shape index (κ3) is 5.91. The van der Waals surface area contributed by atoms with Crippen LogP contribution in [0.25, 0.3) is 0 Å². The van der Waals surface area contributed by atoms with Crippen LogP contribution in [-0.2, 0) is 23.1 Å². The highest BCUT2D eigenvalue weighted by Gasteiger charge is 2.43. The molecule has 0 bridgehead atoms. The number of anilines is 1. The molecule has 2 aromatic heterocycles. The summed E-state index contributed by atoms with van der Waals surface area (Å²) in [4.78, 5) is 52.0. The number of hydrogen-bond donors (Lipinski definition) is 5. The number of ether oxygens (including phenoxy) is 2. The Morgan fingerprint density at radius 2 is 1.78 bits per heavy atom. The maximum absolute atomic E-state index is 12.6. The van der Waals surface area contributed by atoms with Crippen molar-refractivity contribution >= 4 is 13.6 Å². The number of nitrogens with zero attached hydrogens (tertiary/aromatic N) is 3. The number of phosphoric acid groups is 1. The van der Waals surface area contributed by atoms with Crippen LogP contribution >= 0.6 is 7.82 Å². The first kappa shape index (κ1) is 27.3. The van der Waals surface area contributed by atoms with Gasteiger partial charge in [0.25, 0.3) is 5.56 Å². The molecule has 204 valence electrons. The van der Waals surface area contributed by atoms with E-state index in [0.717, 1.165) is 9.13 Å². The van der Waals surface area contributed by atoms with Crippen LogP contribution in [0.5, 0.6) is 0 Å². The average molecular weight is 545 g/mol. The fraction of sp³-hybridized carbons (Fsp3) is 0.600. The highest BCUT2D eigenvalue weighted by Crippen LogP contribution is 2.49. The number of aromatic nitrogens is 4. The molecular formula is C20H28N5O11P. The zero-order valence-electron chi connectivity index (χ0n) is 19.9. The van der Waals surface area contributed by atoms with E-state index < -0.39 is 74.8 Å². The molecule has 17 heteroatoms. The monoisotopic (exact) mass is 545 g/mol. The molecule has 2 saturated heterocycles. The van der Waals surface area contributed by atoms with Crippen LogP contribution in [0.1, 0.15) is 36.4 Å². The Labute approximate surface area is 208 Å². The molecule has 0 saturated carbocycles. The Hall–Kier alpha value is -2.69. The number of nitrogens with two attached hydrogens (primary N) is 1. The quantitative estimate of drug-likeness (QED) is 0.236. The predicted molar refractivity (Wildman–Crippen MR) is 125 cm³/mol. The first-order valence-corrected chi connectivity index (χ1v) is 12.8. The van der Waals surface area contributed by atoms with E-state index in [2.05, 4.69) is 9.97 Å². The summed E-state index contributed by atoms with van der Waals surface area (Å²) in [6.07, 6.45) is -3.70. The molecule has 7 atom stereocenters. The Kier molecular flexibility index (Phi) is 7.83. The van der Waals surface area contributed by atoms with Gasteiger partial charge in [-0.05, 0) is 13.8 Å². The summed E-state index contributed by atoms with van der Waals surface area (Å²) in [6, 6.07) is 0. The first-order chi connectivity index (χ1) is 17.4. The predicted octanol–water partition coefficient (Wildman–Crippen LogP) is -1.58. The van der Waals surface area contributed by atoms with E-state index in [9.17, 15) is 34.1 Å². The Balaban J connectivity index is 1.39. The van der Waals surface area contributed by atoms with Gasteiger partial charge in [-0.2, -0.15) is 4.98 Å². The lowest BCUT2D eigenvalue weighted by Gasteiger charge is -2.22. The van der Waals surface area contributed by atoms with Gasteiger partial charge in [0.1, 0.15) is 36.6 Å². The number of nitrogen functional groups attached to an aromatic ring is 1. The smallest absolute Gasteiger partial charge is 0.394 e. The van der Waals surface area contributed by atoms with Crippen molar-refractivity contribution in [3.63, 3.8) is 0 Å². The van der Waals surface area contributed by atoms with Crippen LogP contribution < -0.4 is 22.7 Å². The van der Waals surface area contributed by atoms with E-state index in [1.165, 1.54) is 19.3 Å². The lowest BCUT2D eigenvalue weighted by atomic mass is 10.2. The molecule has 2 fully saturated rings. The number of aromatic amines is 1. The summed E-state index contributed by atoms with van der Waals surface area (Å²) in [5, 5.41) is 20.0. The van der Waals surface area contributed by atoms with E-state index in [4.69, 9.17) is 24.3 Å². The number of H-pyrrole nitrogens is 1. The highest BCUT2D eigenvalue weighted by atomic mass is 31.2. The van der Waals surface area contributed by atoms with Crippen molar-refractivity contribution in [3.8, 4) is 0 Å². The van der Waals surface area contributed by atoms with Gasteiger partial charge in [0, 0.05) is 36.4 Å². The molecule has 0 amide bonds. The van der Waals surface area contributed by atoms with Gasteiger partial charge < -0.3 is 30.3 Å². The van der Waals surface area contributed by atoms with E-state index in [0.29, 0.717) is 5.56 Å². The lowest BCUT2D eigenvalue weighted by molar-refractivity contribution is -0.0575. The Bertz CT molecular complexity index is 1370. The molecule has 0 spiro atoms. The molecule has 0 aliphatic carbocycles. The highest BCUT2D eigenvalue weighted by molar-refractivity contribution is 7.47. The summed E-state index contributed by atoms with van der Waals surface area (Å²) in [5.41, 5.74) is 4.42. The number of aryl methyl sites for hydroxylation is 2. The van der Waals surface area contributed by atoms with Crippen LogP contribution in [0.4, 0.5) is 5.82 Å². The zero-order valence-corrected chi connectivity index (χ0v) is 20.8. The average Bonchev–Trinajstić information content (AvgIpc) is 3.39. The van der Waals surface area contributed by atoms with Crippen molar-refractivity contribution in [2.24, 2.45) is 0 Å². The van der Waals surface area contributed by atoms with Crippen LogP contribution in [0.15, 0.2) is 26.8 Å². The third-order valence-electron chi connectivity index (χ3n) is 6.18. The zero-order chi connectivity index (χ0) is 27.1. The van der Waals surface area contributed by atoms with Gasteiger partial charge in [0.2, 0.25) is 0 Å². The molecule has 4 rings (SSSR count). The van der Waals surface area contributed by atoms with Gasteiger partial charge in [0.05, 0.1) is 19.3 Å². The van der Waals surface area contributed by atoms with Gasteiger partial charge in [0.15, 0.2) is 0 Å². The summed E-state index contributed by atoms with van der Waals surface area (Å²) in [5.74, 6) is 0.0538. The van der Waals surface area contributed by atoms with Crippen molar-refractivity contribution in [1.82, 2.24) is 19.1 Å². The third-order valence-corrected chi connectivity index (χ3v) is 7.19. The maximum Gasteiger partial charge on any atom is 0.472 e. The molecule has 4 heterocycles. The minimum atomic E-state index is -4.76. The van der Waals surface area contributed by atoms with Gasteiger partial charge in [-0.1, -0.05) is 0 Å². The van der Waals surface area contributed by atoms with Crippen molar-refractivity contribution in [3.05, 3.63) is 54.8 Å².